The Labute approximate surface area is 106 Å². The molecule has 1 saturated carbocycles. The molecule has 0 unspecified atom stereocenters. The average molecular weight is 273 g/mol. The molecule has 0 spiro atoms. The number of benzene rings is 1. The monoisotopic (exact) mass is 273 g/mol. The van der Waals surface area contributed by atoms with Crippen molar-refractivity contribution in [1.29, 1.82) is 0 Å². The molecule has 100 valence electrons. The number of sulfonamides is 1. The number of hydrogen-bond acceptors (Lipinski definition) is 3. The topological polar surface area (TPSA) is 66.4 Å². The number of hydrogen-bond donors (Lipinski definition) is 2. The first-order valence-corrected chi connectivity index (χ1v) is 7.54. The van der Waals surface area contributed by atoms with Crippen LogP contribution in [0.3, 0.4) is 0 Å². The molecule has 0 saturated heterocycles. The second kappa shape index (κ2) is 5.14. The van der Waals surface area contributed by atoms with Gasteiger partial charge in [0.2, 0.25) is 10.0 Å². The summed E-state index contributed by atoms with van der Waals surface area (Å²) in [5.74, 6) is -0.998. The van der Waals surface area contributed by atoms with Crippen LogP contribution in [0.5, 0.6) is 5.75 Å². The average Bonchev–Trinajstić information content (AvgIpc) is 2.34. The van der Waals surface area contributed by atoms with Gasteiger partial charge in [0.25, 0.3) is 0 Å². The fourth-order valence-corrected chi connectivity index (χ4v) is 3.80. The summed E-state index contributed by atoms with van der Waals surface area (Å²) in [5.41, 5.74) is 0.0296. The third-order valence-corrected chi connectivity index (χ3v) is 5.06. The van der Waals surface area contributed by atoms with Crippen molar-refractivity contribution in [2.24, 2.45) is 0 Å². The summed E-state index contributed by atoms with van der Waals surface area (Å²) in [6.45, 7) is 0. The highest BCUT2D eigenvalue weighted by molar-refractivity contribution is 7.93. The van der Waals surface area contributed by atoms with E-state index >= 15 is 0 Å². The van der Waals surface area contributed by atoms with Crippen LogP contribution in [0.1, 0.15) is 32.1 Å². The van der Waals surface area contributed by atoms with Crippen LogP contribution in [0, 0.1) is 5.82 Å². The first kappa shape index (κ1) is 13.1. The normalized spacial score (nSPS) is 17.6. The predicted octanol–water partition coefficient (Wildman–Crippen LogP) is 2.61. The van der Waals surface area contributed by atoms with Gasteiger partial charge in [-0.2, -0.15) is 0 Å². The van der Waals surface area contributed by atoms with E-state index in [2.05, 4.69) is 4.72 Å². The van der Waals surface area contributed by atoms with E-state index in [0.717, 1.165) is 31.4 Å². The maximum atomic E-state index is 12.8. The summed E-state index contributed by atoms with van der Waals surface area (Å²) in [4.78, 5) is 0. The number of rotatable bonds is 3. The van der Waals surface area contributed by atoms with Gasteiger partial charge in [0.05, 0.1) is 10.9 Å². The number of aromatic hydroxyl groups is 1. The Balaban J connectivity index is 2.16. The molecule has 4 nitrogen and oxygen atoms in total. The van der Waals surface area contributed by atoms with Crippen LogP contribution in [0.2, 0.25) is 0 Å². The molecule has 1 aliphatic rings. The molecule has 6 heteroatoms. The third-order valence-electron chi connectivity index (χ3n) is 3.20. The zero-order valence-electron chi connectivity index (χ0n) is 9.89. The van der Waals surface area contributed by atoms with Gasteiger partial charge < -0.3 is 5.11 Å². The van der Waals surface area contributed by atoms with Crippen LogP contribution in [0.4, 0.5) is 10.1 Å². The van der Waals surface area contributed by atoms with Crippen LogP contribution in [-0.2, 0) is 10.0 Å². The van der Waals surface area contributed by atoms with E-state index in [-0.39, 0.29) is 5.69 Å². The van der Waals surface area contributed by atoms with Crippen LogP contribution in [0.15, 0.2) is 18.2 Å². The molecule has 18 heavy (non-hydrogen) atoms. The van der Waals surface area contributed by atoms with Gasteiger partial charge in [0.15, 0.2) is 0 Å². The smallest absolute Gasteiger partial charge is 0.235 e. The number of halogens is 1. The highest BCUT2D eigenvalue weighted by Crippen LogP contribution is 2.29. The van der Waals surface area contributed by atoms with E-state index in [4.69, 9.17) is 0 Å². The van der Waals surface area contributed by atoms with Gasteiger partial charge in [-0.3, -0.25) is 4.72 Å². The molecule has 1 aromatic carbocycles. The van der Waals surface area contributed by atoms with Crippen LogP contribution >= 0.6 is 0 Å². The molecule has 0 bridgehead atoms. The Morgan fingerprint density at radius 3 is 2.50 bits per heavy atom. The SMILES string of the molecule is O=S(=O)(Nc1ccc(F)cc1O)C1CCCCC1. The van der Waals surface area contributed by atoms with Crippen LogP contribution in [-0.4, -0.2) is 18.8 Å². The Morgan fingerprint density at radius 1 is 1.22 bits per heavy atom. The fraction of sp³-hybridized carbons (Fsp3) is 0.500. The zero-order chi connectivity index (χ0) is 13.2. The molecular weight excluding hydrogens is 257 g/mol. The van der Waals surface area contributed by atoms with Gasteiger partial charge in [-0.1, -0.05) is 19.3 Å². The summed E-state index contributed by atoms with van der Waals surface area (Å²) in [6, 6.07) is 3.22. The minimum absolute atomic E-state index is 0.0296. The molecule has 1 aromatic rings. The summed E-state index contributed by atoms with van der Waals surface area (Å²) >= 11 is 0. The van der Waals surface area contributed by atoms with E-state index in [1.54, 1.807) is 0 Å². The number of phenolic OH excluding ortho intramolecular Hbond substituents is 1. The summed E-state index contributed by atoms with van der Waals surface area (Å²) in [7, 11) is -3.50. The van der Waals surface area contributed by atoms with Crippen molar-refractivity contribution < 1.29 is 17.9 Å². The zero-order valence-corrected chi connectivity index (χ0v) is 10.7. The standard InChI is InChI=1S/C12H16FNO3S/c13-9-6-7-11(12(15)8-9)14-18(16,17)10-4-2-1-3-5-10/h6-8,10,14-15H,1-5H2. The van der Waals surface area contributed by atoms with Crippen molar-refractivity contribution >= 4 is 15.7 Å². The lowest BCUT2D eigenvalue weighted by molar-refractivity contribution is 0.470. The fourth-order valence-electron chi connectivity index (χ4n) is 2.20. The van der Waals surface area contributed by atoms with Crippen LogP contribution in [0.25, 0.3) is 0 Å². The van der Waals surface area contributed by atoms with Gasteiger partial charge in [-0.15, -0.1) is 0 Å². The highest BCUT2D eigenvalue weighted by Gasteiger charge is 2.27. The predicted molar refractivity (Wildman–Crippen MR) is 67.5 cm³/mol. The minimum Gasteiger partial charge on any atom is -0.506 e. The Kier molecular flexibility index (Phi) is 3.75. The number of nitrogens with one attached hydrogen (secondary N) is 1. The van der Waals surface area contributed by atoms with Crippen molar-refractivity contribution in [2.75, 3.05) is 4.72 Å². The molecular formula is C12H16FNO3S. The molecule has 0 atom stereocenters. The van der Waals surface area contributed by atoms with E-state index in [1.165, 1.54) is 6.07 Å². The Bertz CT molecular complexity index is 524. The summed E-state index contributed by atoms with van der Waals surface area (Å²) < 4.78 is 39.3. The third kappa shape index (κ3) is 2.93. The van der Waals surface area contributed by atoms with E-state index in [9.17, 15) is 17.9 Å². The van der Waals surface area contributed by atoms with Crippen LogP contribution < -0.4 is 4.72 Å². The molecule has 1 fully saturated rings. The first-order chi connectivity index (χ1) is 8.49. The van der Waals surface area contributed by atoms with Gasteiger partial charge in [-0.05, 0) is 25.0 Å². The maximum Gasteiger partial charge on any atom is 0.235 e. The highest BCUT2D eigenvalue weighted by atomic mass is 32.2. The van der Waals surface area contributed by atoms with Crippen molar-refractivity contribution in [3.05, 3.63) is 24.0 Å². The molecule has 1 aliphatic carbocycles. The molecule has 0 aliphatic heterocycles. The van der Waals surface area contributed by atoms with Gasteiger partial charge in [-0.25, -0.2) is 12.8 Å². The number of anilines is 1. The quantitative estimate of drug-likeness (QED) is 0.832. The Morgan fingerprint density at radius 2 is 1.89 bits per heavy atom. The largest absolute Gasteiger partial charge is 0.506 e. The van der Waals surface area contributed by atoms with Crippen molar-refractivity contribution in [1.82, 2.24) is 0 Å². The lowest BCUT2D eigenvalue weighted by Gasteiger charge is -2.22. The first-order valence-electron chi connectivity index (χ1n) is 5.99. The lowest BCUT2D eigenvalue weighted by Crippen LogP contribution is -2.29. The minimum atomic E-state index is -3.50. The molecule has 2 N–H and O–H groups in total. The maximum absolute atomic E-state index is 12.8. The molecule has 2 rings (SSSR count). The summed E-state index contributed by atoms with van der Waals surface area (Å²) in [5, 5.41) is 9.07. The van der Waals surface area contributed by atoms with E-state index < -0.39 is 26.8 Å². The van der Waals surface area contributed by atoms with Crippen molar-refractivity contribution in [2.45, 2.75) is 37.4 Å². The second-order valence-corrected chi connectivity index (χ2v) is 6.53. The van der Waals surface area contributed by atoms with Gasteiger partial charge in [0.1, 0.15) is 11.6 Å². The van der Waals surface area contributed by atoms with E-state index in [0.29, 0.717) is 12.8 Å². The molecule has 0 heterocycles. The van der Waals surface area contributed by atoms with Crippen molar-refractivity contribution in [3.8, 4) is 5.75 Å². The van der Waals surface area contributed by atoms with Gasteiger partial charge in [0, 0.05) is 6.07 Å². The molecule has 0 amide bonds. The Hall–Kier alpha value is -1.30. The molecule has 0 radical (unpaired) electrons. The van der Waals surface area contributed by atoms with Crippen molar-refractivity contribution in [3.63, 3.8) is 0 Å². The lowest BCUT2D eigenvalue weighted by atomic mass is 10.0. The second-order valence-electron chi connectivity index (χ2n) is 4.57. The molecule has 0 aromatic heterocycles. The van der Waals surface area contributed by atoms with Gasteiger partial charge >= 0.3 is 0 Å². The van der Waals surface area contributed by atoms with E-state index in [1.807, 2.05) is 0 Å². The summed E-state index contributed by atoms with van der Waals surface area (Å²) in [6.07, 6.45) is 4.14. The number of phenols is 1.